The van der Waals surface area contributed by atoms with E-state index < -0.39 is 101 Å². The third kappa shape index (κ3) is 5.40. The minimum atomic E-state index is -0.741. The first-order valence-corrected chi connectivity index (χ1v) is 18.8. The number of nitrogens with zero attached hydrogens (tertiary/aromatic N) is 2. The summed E-state index contributed by atoms with van der Waals surface area (Å²) in [6.07, 6.45) is 0. The van der Waals surface area contributed by atoms with Crippen molar-refractivity contribution in [3.05, 3.63) is 217 Å². The Morgan fingerprint density at radius 1 is 0.456 bits per heavy atom. The van der Waals surface area contributed by atoms with Crippen LogP contribution in [0, 0.1) is 0 Å². The molecular weight excluding hydrogens is 689 g/mol. The summed E-state index contributed by atoms with van der Waals surface area (Å²) in [5, 5.41) is 3.91. The maximum Gasteiger partial charge on any atom is 0.0651 e. The van der Waals surface area contributed by atoms with Crippen LogP contribution in [0.2, 0.25) is 0 Å². The number of benzene rings is 9. The molecule has 57 heavy (non-hydrogen) atoms. The average molecular weight is 742 g/mol. The molecule has 0 unspecified atom stereocenters. The Bertz CT molecular complexity index is 3870. The first-order valence-electron chi connectivity index (χ1n) is 25.3. The van der Waals surface area contributed by atoms with Crippen molar-refractivity contribution in [3.8, 4) is 39.1 Å². The number of anilines is 3. The molecule has 0 fully saturated rings. The summed E-state index contributed by atoms with van der Waals surface area (Å²) in [4.78, 5) is 1.23. The smallest absolute Gasteiger partial charge is 0.0651 e. The fraction of sp³-hybridized carbons (Fsp3) is 0.0545. The van der Waals surface area contributed by atoms with Gasteiger partial charge in [0, 0.05) is 38.9 Å². The molecule has 0 saturated heterocycles. The summed E-state index contributed by atoms with van der Waals surface area (Å²) >= 11 is 0. The maximum atomic E-state index is 9.79. The van der Waals surface area contributed by atoms with E-state index in [-0.39, 0.29) is 16.9 Å². The Labute approximate surface area is 351 Å². The van der Waals surface area contributed by atoms with Gasteiger partial charge in [-0.25, -0.2) is 0 Å². The highest BCUT2D eigenvalue weighted by Crippen LogP contribution is 2.51. The molecule has 2 heteroatoms. The molecule has 2 nitrogen and oxygen atoms in total. The van der Waals surface area contributed by atoms with Gasteiger partial charge in [0.15, 0.2) is 0 Å². The molecule has 0 aliphatic heterocycles. The van der Waals surface area contributed by atoms with Gasteiger partial charge in [-0.15, -0.1) is 0 Å². The van der Waals surface area contributed by atoms with Crippen LogP contribution in [0.3, 0.4) is 0 Å². The zero-order valence-corrected chi connectivity index (χ0v) is 31.0. The highest BCUT2D eigenvalue weighted by atomic mass is 15.1. The van der Waals surface area contributed by atoms with Gasteiger partial charge in [0.2, 0.25) is 0 Å². The van der Waals surface area contributed by atoms with E-state index in [1.165, 1.54) is 4.90 Å². The molecule has 1 aliphatic rings. The van der Waals surface area contributed by atoms with E-state index in [0.717, 1.165) is 60.5 Å². The molecule has 1 aromatic heterocycles. The van der Waals surface area contributed by atoms with E-state index in [0.29, 0.717) is 5.56 Å². The maximum absolute atomic E-state index is 9.79. The van der Waals surface area contributed by atoms with Crippen LogP contribution in [0.25, 0.3) is 71.6 Å². The van der Waals surface area contributed by atoms with Crippen LogP contribution < -0.4 is 4.90 Å². The number of fused-ring (bicyclic) bond motifs is 7. The predicted molar refractivity (Wildman–Crippen MR) is 241 cm³/mol. The SMILES string of the molecule is [2H]c1c([2H])c([2H])c(-c2c([2H])c([2H])c([2H])c(N(c3ccc4c(c3)C(C)(C)c3ccccc3-4)c3c([2H])c([2H])c(-c4ccc5c(c4)c4ccccc4n5-c4ccc5ccccc5c4)c([2H])c3[2H])c2[2H])c([2H])c1[2H]. The Kier molecular flexibility index (Phi) is 5.10. The van der Waals surface area contributed by atoms with Gasteiger partial charge in [-0.3, -0.25) is 0 Å². The Morgan fingerprint density at radius 2 is 1.18 bits per heavy atom. The van der Waals surface area contributed by atoms with Crippen molar-refractivity contribution >= 4 is 49.6 Å². The second-order valence-electron chi connectivity index (χ2n) is 14.8. The topological polar surface area (TPSA) is 8.17 Å². The molecule has 1 aliphatic carbocycles. The quantitative estimate of drug-likeness (QED) is 0.165. The van der Waals surface area contributed by atoms with Crippen molar-refractivity contribution in [2.75, 3.05) is 4.90 Å². The second kappa shape index (κ2) is 13.0. The minimum absolute atomic E-state index is 0.00775. The van der Waals surface area contributed by atoms with E-state index in [2.05, 4.69) is 34.9 Å². The van der Waals surface area contributed by atoms with Crippen LogP contribution in [0.5, 0.6) is 0 Å². The molecule has 0 atom stereocenters. The van der Waals surface area contributed by atoms with Crippen LogP contribution in [0.15, 0.2) is 206 Å². The standard InChI is InChI=1S/C55H40N2/c1-55(2)51-21-10-8-19-47(51)48-31-30-46(36-52(48)55)56(44-18-12-17-41(33-44)37-13-4-3-5-14-37)43-27-23-39(24-28-43)42-26-32-54-50(35-42)49-20-9-11-22-53(49)57(54)45-29-25-38-15-6-7-16-40(38)34-45/h3-36H,1-2H3/i3D,4D,5D,12D,13D,14D,17D,18D,23D,24D,27D,28D,33D. The molecule has 0 amide bonds. The van der Waals surface area contributed by atoms with Gasteiger partial charge in [-0.05, 0) is 122 Å². The van der Waals surface area contributed by atoms with Gasteiger partial charge < -0.3 is 9.47 Å². The zero-order valence-electron chi connectivity index (χ0n) is 44.0. The lowest BCUT2D eigenvalue weighted by Crippen LogP contribution is -2.16. The van der Waals surface area contributed by atoms with Crippen LogP contribution in [0.1, 0.15) is 42.8 Å². The summed E-state index contributed by atoms with van der Waals surface area (Å²) < 4.78 is 121. The molecule has 10 aromatic rings. The van der Waals surface area contributed by atoms with Gasteiger partial charge in [-0.1, -0.05) is 153 Å². The number of rotatable bonds is 6. The number of hydrogen-bond donors (Lipinski definition) is 0. The van der Waals surface area contributed by atoms with Crippen LogP contribution in [-0.2, 0) is 5.41 Å². The van der Waals surface area contributed by atoms with Crippen molar-refractivity contribution in [1.82, 2.24) is 4.57 Å². The summed E-state index contributed by atoms with van der Waals surface area (Å²) in [6.45, 7) is 4.09. The van der Waals surface area contributed by atoms with Crippen molar-refractivity contribution in [2.45, 2.75) is 19.3 Å². The molecule has 0 radical (unpaired) electrons. The summed E-state index contributed by atoms with van der Waals surface area (Å²) in [5.74, 6) is 0. The fourth-order valence-electron chi connectivity index (χ4n) is 8.43. The minimum Gasteiger partial charge on any atom is -0.310 e. The van der Waals surface area contributed by atoms with Gasteiger partial charge in [-0.2, -0.15) is 0 Å². The first-order chi connectivity index (χ1) is 33.4. The van der Waals surface area contributed by atoms with Crippen LogP contribution in [0.4, 0.5) is 17.1 Å². The molecule has 270 valence electrons. The summed E-state index contributed by atoms with van der Waals surface area (Å²) in [5.41, 5.74) is 4.72. The molecule has 0 bridgehead atoms. The second-order valence-corrected chi connectivity index (χ2v) is 14.8. The monoisotopic (exact) mass is 741 g/mol. The van der Waals surface area contributed by atoms with E-state index in [1.54, 1.807) is 18.2 Å². The third-order valence-electron chi connectivity index (χ3n) is 11.2. The molecule has 11 rings (SSSR count). The highest BCUT2D eigenvalue weighted by molar-refractivity contribution is 6.10. The molecule has 1 heterocycles. The van der Waals surface area contributed by atoms with E-state index in [4.69, 9.17) is 9.60 Å². The fourth-order valence-corrected chi connectivity index (χ4v) is 8.43. The highest BCUT2D eigenvalue weighted by Gasteiger charge is 2.35. The molecular formula is C55H40N2. The normalized spacial score (nSPS) is 16.1. The van der Waals surface area contributed by atoms with Gasteiger partial charge in [0.25, 0.3) is 0 Å². The lowest BCUT2D eigenvalue weighted by atomic mass is 9.82. The first kappa shape index (κ1) is 22.4. The van der Waals surface area contributed by atoms with Gasteiger partial charge in [0.1, 0.15) is 0 Å². The summed E-state index contributed by atoms with van der Waals surface area (Å²) in [6, 6.07) is 32.9. The Morgan fingerprint density at radius 3 is 2.05 bits per heavy atom. The van der Waals surface area contributed by atoms with E-state index in [1.807, 2.05) is 92.7 Å². The Hall–Kier alpha value is -7.16. The average Bonchev–Trinajstić information content (AvgIpc) is 3.81. The predicted octanol–water partition coefficient (Wildman–Crippen LogP) is 15.0. The van der Waals surface area contributed by atoms with Crippen molar-refractivity contribution in [1.29, 1.82) is 0 Å². The Balaban J connectivity index is 1.16. The lowest BCUT2D eigenvalue weighted by Gasteiger charge is -2.28. The molecule has 0 N–H and O–H groups in total. The van der Waals surface area contributed by atoms with E-state index >= 15 is 0 Å². The largest absolute Gasteiger partial charge is 0.310 e. The van der Waals surface area contributed by atoms with Crippen LogP contribution >= 0.6 is 0 Å². The summed E-state index contributed by atoms with van der Waals surface area (Å²) in [7, 11) is 0. The van der Waals surface area contributed by atoms with Gasteiger partial charge in [0.05, 0.1) is 28.9 Å². The molecule has 0 saturated carbocycles. The van der Waals surface area contributed by atoms with E-state index in [9.17, 15) is 8.22 Å². The lowest BCUT2D eigenvalue weighted by molar-refractivity contribution is 0.660. The van der Waals surface area contributed by atoms with Crippen LogP contribution in [-0.4, -0.2) is 4.57 Å². The number of aromatic nitrogens is 1. The third-order valence-corrected chi connectivity index (χ3v) is 11.2. The van der Waals surface area contributed by atoms with Gasteiger partial charge >= 0.3 is 0 Å². The van der Waals surface area contributed by atoms with Crippen molar-refractivity contribution in [3.63, 3.8) is 0 Å². The number of hydrogen-bond acceptors (Lipinski definition) is 1. The zero-order chi connectivity index (χ0) is 49.4. The molecule has 0 spiro atoms. The van der Waals surface area contributed by atoms with Crippen molar-refractivity contribution in [2.24, 2.45) is 0 Å². The van der Waals surface area contributed by atoms with Crippen molar-refractivity contribution < 1.29 is 17.8 Å². The number of para-hydroxylation sites is 1. The molecule has 9 aromatic carbocycles.